The summed E-state index contributed by atoms with van der Waals surface area (Å²) in [5.74, 6) is 0.752. The average Bonchev–Trinajstić information content (AvgIpc) is 3.22. The minimum Gasteiger partial charge on any atom is -0.340 e. The van der Waals surface area contributed by atoms with Crippen LogP contribution in [0.1, 0.15) is 48.8 Å². The zero-order valence-electron chi connectivity index (χ0n) is 22.2. The number of hydrogen-bond acceptors (Lipinski definition) is 3. The van der Waals surface area contributed by atoms with Crippen molar-refractivity contribution in [3.8, 4) is 0 Å². The molecule has 6 aromatic rings. The van der Waals surface area contributed by atoms with Crippen LogP contribution in [0.3, 0.4) is 0 Å². The lowest BCUT2D eigenvalue weighted by molar-refractivity contribution is 0.613. The van der Waals surface area contributed by atoms with Gasteiger partial charge in [0.2, 0.25) is 0 Å². The second kappa shape index (κ2) is 10.3. The number of benzene rings is 4. The van der Waals surface area contributed by atoms with E-state index >= 15 is 0 Å². The van der Waals surface area contributed by atoms with Gasteiger partial charge in [0.1, 0.15) is 5.82 Å². The summed E-state index contributed by atoms with van der Waals surface area (Å²) < 4.78 is 4.67. The van der Waals surface area contributed by atoms with Crippen molar-refractivity contribution in [2.45, 2.75) is 39.7 Å². The van der Waals surface area contributed by atoms with E-state index in [-0.39, 0.29) is 11.5 Å². The van der Waals surface area contributed by atoms with Crippen molar-refractivity contribution in [3.63, 3.8) is 0 Å². The molecule has 4 aromatic carbocycles. The number of aromatic nitrogens is 3. The summed E-state index contributed by atoms with van der Waals surface area (Å²) in [6.45, 7) is 7.05. The van der Waals surface area contributed by atoms with Crippen molar-refractivity contribution in [1.29, 1.82) is 0 Å². The molecule has 0 bridgehead atoms. The summed E-state index contributed by atoms with van der Waals surface area (Å²) in [5, 5.41) is 8.93. The molecule has 0 N–H and O–H groups in total. The van der Waals surface area contributed by atoms with Crippen molar-refractivity contribution in [1.82, 2.24) is 14.2 Å². The fraction of sp³-hybridized carbons (Fsp3) is 0.182. The second-order valence-electron chi connectivity index (χ2n) is 10.0. The van der Waals surface area contributed by atoms with Crippen LogP contribution in [0.25, 0.3) is 32.6 Å². The monoisotopic (exact) mass is 576 g/mol. The first-order valence-corrected chi connectivity index (χ1v) is 14.1. The molecule has 0 amide bonds. The molecule has 0 spiro atoms. The molecule has 5 nitrogen and oxygen atoms in total. The molecule has 0 aliphatic heterocycles. The van der Waals surface area contributed by atoms with Crippen molar-refractivity contribution < 1.29 is 0 Å². The summed E-state index contributed by atoms with van der Waals surface area (Å²) in [6.07, 6.45) is 2.68. The Kier molecular flexibility index (Phi) is 6.65. The highest BCUT2D eigenvalue weighted by atomic mass is 79.9. The third kappa shape index (κ3) is 4.49. The van der Waals surface area contributed by atoms with Crippen LogP contribution in [0.15, 0.2) is 99.3 Å². The topological polar surface area (TPSA) is 52.2 Å². The lowest BCUT2D eigenvalue weighted by atomic mass is 10.0. The van der Waals surface area contributed by atoms with Gasteiger partial charge in [0.15, 0.2) is 0 Å². The molecule has 0 unspecified atom stereocenters. The molecule has 39 heavy (non-hydrogen) atoms. The number of rotatable bonds is 6. The van der Waals surface area contributed by atoms with Gasteiger partial charge in [0.05, 0.1) is 17.1 Å². The second-order valence-corrected chi connectivity index (χ2v) is 11.0. The van der Waals surface area contributed by atoms with Crippen LogP contribution in [-0.2, 0) is 6.54 Å². The van der Waals surface area contributed by atoms with Crippen LogP contribution in [-0.4, -0.2) is 20.4 Å². The van der Waals surface area contributed by atoms with E-state index in [4.69, 9.17) is 10.1 Å². The maximum Gasteiger partial charge on any atom is 0.282 e. The third-order valence-corrected chi connectivity index (χ3v) is 8.17. The van der Waals surface area contributed by atoms with E-state index in [0.29, 0.717) is 16.7 Å². The highest BCUT2D eigenvalue weighted by Crippen LogP contribution is 2.28. The smallest absolute Gasteiger partial charge is 0.282 e. The minimum absolute atomic E-state index is 0.0803. The Morgan fingerprint density at radius 1 is 0.949 bits per heavy atom. The molecule has 0 saturated heterocycles. The maximum atomic E-state index is 13.6. The van der Waals surface area contributed by atoms with Gasteiger partial charge in [-0.25, -0.2) is 4.98 Å². The molecular weight excluding hydrogens is 548 g/mol. The molecule has 6 rings (SSSR count). The van der Waals surface area contributed by atoms with Gasteiger partial charge in [-0.3, -0.25) is 4.79 Å². The largest absolute Gasteiger partial charge is 0.340 e. The molecule has 0 saturated carbocycles. The Labute approximate surface area is 235 Å². The van der Waals surface area contributed by atoms with Crippen LogP contribution in [0, 0.1) is 6.92 Å². The first-order valence-electron chi connectivity index (χ1n) is 13.3. The van der Waals surface area contributed by atoms with Gasteiger partial charge in [-0.1, -0.05) is 90.4 Å². The van der Waals surface area contributed by atoms with Crippen LogP contribution in [0.2, 0.25) is 0 Å². The summed E-state index contributed by atoms with van der Waals surface area (Å²) >= 11 is 3.49. The molecule has 1 atom stereocenters. The van der Waals surface area contributed by atoms with E-state index in [1.54, 1.807) is 0 Å². The third-order valence-electron chi connectivity index (χ3n) is 7.68. The van der Waals surface area contributed by atoms with E-state index in [1.165, 1.54) is 21.0 Å². The summed E-state index contributed by atoms with van der Waals surface area (Å²) in [4.78, 5) is 18.5. The standard InChI is InChI=1S/C33H29BrN4O/c1-4-21(2)32-36-30-17-16-25(34)18-28(30)33(39)38(32)35-19-29-22(3)37(31-15-8-7-14-27(29)31)20-24-12-9-11-23-10-5-6-13-26(23)24/h5-19,21H,4,20H2,1-3H3/t21-/m0/s1. The number of nitrogens with zero attached hydrogens (tertiary/aromatic N) is 4. The predicted molar refractivity (Wildman–Crippen MR) is 165 cm³/mol. The first kappa shape index (κ1) is 25.3. The van der Waals surface area contributed by atoms with E-state index in [9.17, 15) is 4.79 Å². The maximum absolute atomic E-state index is 13.6. The van der Waals surface area contributed by atoms with Crippen molar-refractivity contribution in [2.75, 3.05) is 0 Å². The number of halogens is 1. The predicted octanol–water partition coefficient (Wildman–Crippen LogP) is 8.02. The highest BCUT2D eigenvalue weighted by Gasteiger charge is 2.17. The quantitative estimate of drug-likeness (QED) is 0.188. The molecule has 2 heterocycles. The van der Waals surface area contributed by atoms with Gasteiger partial charge >= 0.3 is 0 Å². The fourth-order valence-electron chi connectivity index (χ4n) is 5.32. The minimum atomic E-state index is -0.162. The van der Waals surface area contributed by atoms with Crippen LogP contribution >= 0.6 is 15.9 Å². The SMILES string of the molecule is CC[C@H](C)c1nc2ccc(Br)cc2c(=O)n1N=Cc1c(C)n(Cc2cccc3ccccc23)c2ccccc12. The van der Waals surface area contributed by atoms with E-state index in [1.807, 2.05) is 30.5 Å². The Balaban J connectivity index is 1.51. The van der Waals surface area contributed by atoms with Crippen molar-refractivity contribution >= 4 is 54.7 Å². The Morgan fingerprint density at radius 2 is 1.69 bits per heavy atom. The van der Waals surface area contributed by atoms with Crippen molar-refractivity contribution in [3.05, 3.63) is 122 Å². The average molecular weight is 578 g/mol. The number of fused-ring (bicyclic) bond motifs is 3. The lowest BCUT2D eigenvalue weighted by Gasteiger charge is -2.14. The summed E-state index contributed by atoms with van der Waals surface area (Å²) in [5.41, 5.74) is 5.03. The molecule has 6 heteroatoms. The molecule has 0 radical (unpaired) electrons. The van der Waals surface area contributed by atoms with E-state index in [2.05, 4.69) is 102 Å². The molecular formula is C33H29BrN4O. The van der Waals surface area contributed by atoms with E-state index < -0.39 is 0 Å². The van der Waals surface area contributed by atoms with Gasteiger partial charge in [-0.2, -0.15) is 9.78 Å². The van der Waals surface area contributed by atoms with Gasteiger partial charge in [-0.15, -0.1) is 0 Å². The summed E-state index contributed by atoms with van der Waals surface area (Å²) in [6, 6.07) is 29.0. The highest BCUT2D eigenvalue weighted by molar-refractivity contribution is 9.10. The van der Waals surface area contributed by atoms with Crippen LogP contribution in [0.4, 0.5) is 0 Å². The van der Waals surface area contributed by atoms with Gasteiger partial charge in [-0.05, 0) is 53.9 Å². The van der Waals surface area contributed by atoms with Gasteiger partial charge < -0.3 is 4.57 Å². The first-order chi connectivity index (χ1) is 19.0. The van der Waals surface area contributed by atoms with E-state index in [0.717, 1.165) is 39.6 Å². The molecule has 0 aliphatic rings. The van der Waals surface area contributed by atoms with Crippen LogP contribution < -0.4 is 5.56 Å². The lowest BCUT2D eigenvalue weighted by Crippen LogP contribution is -2.23. The Hall–Kier alpha value is -4.03. The zero-order chi connectivity index (χ0) is 27.1. The molecule has 0 fully saturated rings. The normalized spacial score (nSPS) is 12.7. The number of para-hydroxylation sites is 1. The molecule has 2 aromatic heterocycles. The zero-order valence-corrected chi connectivity index (χ0v) is 23.8. The molecule has 194 valence electrons. The van der Waals surface area contributed by atoms with Gasteiger partial charge in [0.25, 0.3) is 5.56 Å². The molecule has 0 aliphatic carbocycles. The van der Waals surface area contributed by atoms with Crippen LogP contribution in [0.5, 0.6) is 0 Å². The van der Waals surface area contributed by atoms with Crippen molar-refractivity contribution in [2.24, 2.45) is 5.10 Å². The van der Waals surface area contributed by atoms with Gasteiger partial charge in [0, 0.05) is 39.1 Å². The fourth-order valence-corrected chi connectivity index (χ4v) is 5.68. The number of hydrogen-bond donors (Lipinski definition) is 0. The summed E-state index contributed by atoms with van der Waals surface area (Å²) in [7, 11) is 0. The Bertz CT molecular complexity index is 1940. The Morgan fingerprint density at radius 3 is 2.51 bits per heavy atom.